The number of carbonyl (C=O) groups is 3. The molecule has 0 bridgehead atoms. The molecular weight excluding hydrogens is 306 g/mol. The number of ether oxygens (including phenoxy) is 2. The fraction of sp³-hybridized carbons (Fsp3) is 0.400. The van der Waals surface area contributed by atoms with Gasteiger partial charge in [0.1, 0.15) is 18.8 Å². The summed E-state index contributed by atoms with van der Waals surface area (Å²) in [4.78, 5) is 33.8. The molecule has 0 aliphatic carbocycles. The van der Waals surface area contributed by atoms with Crippen LogP contribution in [0.25, 0.3) is 0 Å². The normalized spacial score (nSPS) is 11.4. The minimum Gasteiger partial charge on any atom is -0.505 e. The Morgan fingerprint density at radius 1 is 1.22 bits per heavy atom. The fourth-order valence-electron chi connectivity index (χ4n) is 1.55. The van der Waals surface area contributed by atoms with Gasteiger partial charge in [-0.15, -0.1) is 0 Å². The lowest BCUT2D eigenvalue weighted by molar-refractivity contribution is -0.149. The van der Waals surface area contributed by atoms with Crippen LogP contribution in [0, 0.1) is 5.92 Å². The Morgan fingerprint density at radius 3 is 2.48 bits per heavy atom. The van der Waals surface area contributed by atoms with Crippen molar-refractivity contribution in [3.63, 3.8) is 0 Å². The van der Waals surface area contributed by atoms with Gasteiger partial charge in [0, 0.05) is 0 Å². The van der Waals surface area contributed by atoms with E-state index >= 15 is 0 Å². The van der Waals surface area contributed by atoms with Crippen molar-refractivity contribution in [1.29, 1.82) is 0 Å². The fourth-order valence-corrected chi connectivity index (χ4v) is 1.55. The molecule has 1 rings (SSSR count). The van der Waals surface area contributed by atoms with Gasteiger partial charge in [0.25, 0.3) is 0 Å². The molecule has 8 heteroatoms. The molecule has 1 unspecified atom stereocenters. The Labute approximate surface area is 133 Å². The zero-order valence-corrected chi connectivity index (χ0v) is 12.9. The Bertz CT molecular complexity index is 585. The standard InChI is InChI=1S/C15H19NO7/c1-3-9(2)14(20)22-7-8-23-15(21)16-11-6-4-5-10(12(11)17)13(18)19/h4-6,9,17H,3,7-8H2,1-2H3,(H,16,21)(H,18,19). The molecule has 1 amide bonds. The Morgan fingerprint density at radius 2 is 1.87 bits per heavy atom. The molecule has 0 aromatic heterocycles. The number of hydrogen-bond donors (Lipinski definition) is 3. The van der Waals surface area contributed by atoms with E-state index in [2.05, 4.69) is 5.32 Å². The lowest BCUT2D eigenvalue weighted by Gasteiger charge is -2.11. The third-order valence-electron chi connectivity index (χ3n) is 3.08. The highest BCUT2D eigenvalue weighted by Gasteiger charge is 2.15. The molecule has 3 N–H and O–H groups in total. The predicted octanol–water partition coefficient (Wildman–Crippen LogP) is 2.23. The van der Waals surface area contributed by atoms with E-state index in [4.69, 9.17) is 14.6 Å². The molecule has 1 atom stereocenters. The monoisotopic (exact) mass is 325 g/mol. The maximum Gasteiger partial charge on any atom is 0.411 e. The zero-order chi connectivity index (χ0) is 17.4. The maximum absolute atomic E-state index is 11.5. The first kappa shape index (κ1) is 18.3. The summed E-state index contributed by atoms with van der Waals surface area (Å²) in [7, 11) is 0. The molecule has 0 heterocycles. The van der Waals surface area contributed by atoms with Gasteiger partial charge < -0.3 is 19.7 Å². The van der Waals surface area contributed by atoms with Gasteiger partial charge in [-0.1, -0.05) is 19.9 Å². The molecule has 1 aromatic carbocycles. The molecule has 0 saturated carbocycles. The van der Waals surface area contributed by atoms with Crippen LogP contribution in [0.4, 0.5) is 10.5 Å². The van der Waals surface area contributed by atoms with E-state index in [9.17, 15) is 19.5 Å². The van der Waals surface area contributed by atoms with Crippen molar-refractivity contribution in [3.05, 3.63) is 23.8 Å². The number of anilines is 1. The highest BCUT2D eigenvalue weighted by atomic mass is 16.6. The van der Waals surface area contributed by atoms with Crippen LogP contribution in [0.1, 0.15) is 30.6 Å². The number of amides is 1. The molecule has 23 heavy (non-hydrogen) atoms. The largest absolute Gasteiger partial charge is 0.505 e. The van der Waals surface area contributed by atoms with Crippen LogP contribution in [-0.2, 0) is 14.3 Å². The van der Waals surface area contributed by atoms with E-state index in [1.54, 1.807) is 6.92 Å². The van der Waals surface area contributed by atoms with Crippen molar-refractivity contribution >= 4 is 23.7 Å². The number of esters is 1. The third-order valence-corrected chi connectivity index (χ3v) is 3.08. The van der Waals surface area contributed by atoms with Crippen LogP contribution in [-0.4, -0.2) is 41.5 Å². The number of phenols is 1. The number of aromatic carboxylic acids is 1. The molecule has 0 aliphatic rings. The predicted molar refractivity (Wildman–Crippen MR) is 80.5 cm³/mol. The number of rotatable bonds is 7. The van der Waals surface area contributed by atoms with E-state index in [0.717, 1.165) is 0 Å². The first-order valence-electron chi connectivity index (χ1n) is 7.02. The van der Waals surface area contributed by atoms with Crippen molar-refractivity contribution in [2.24, 2.45) is 5.92 Å². The summed E-state index contributed by atoms with van der Waals surface area (Å²) in [5.41, 5.74) is -0.434. The van der Waals surface area contributed by atoms with Crippen LogP contribution < -0.4 is 5.32 Å². The van der Waals surface area contributed by atoms with Gasteiger partial charge in [0.2, 0.25) is 0 Å². The summed E-state index contributed by atoms with van der Waals surface area (Å²) in [6.07, 6.45) is -0.248. The van der Waals surface area contributed by atoms with E-state index in [1.807, 2.05) is 6.92 Å². The number of carbonyl (C=O) groups excluding carboxylic acids is 2. The summed E-state index contributed by atoms with van der Waals surface area (Å²) in [6.45, 7) is 3.34. The Balaban J connectivity index is 2.45. The summed E-state index contributed by atoms with van der Waals surface area (Å²) in [5.74, 6) is -2.49. The van der Waals surface area contributed by atoms with Crippen molar-refractivity contribution in [2.45, 2.75) is 20.3 Å². The molecular formula is C15H19NO7. The van der Waals surface area contributed by atoms with Crippen LogP contribution in [0.3, 0.4) is 0 Å². The number of para-hydroxylation sites is 1. The molecule has 0 aliphatic heterocycles. The van der Waals surface area contributed by atoms with Crippen LogP contribution in [0.2, 0.25) is 0 Å². The molecule has 0 radical (unpaired) electrons. The molecule has 1 aromatic rings. The second kappa shape index (κ2) is 8.62. The lowest BCUT2D eigenvalue weighted by atomic mass is 10.1. The zero-order valence-electron chi connectivity index (χ0n) is 12.9. The quantitative estimate of drug-likeness (QED) is 0.399. The van der Waals surface area contributed by atoms with Gasteiger partial charge in [-0.2, -0.15) is 0 Å². The second-order valence-electron chi connectivity index (χ2n) is 4.74. The van der Waals surface area contributed by atoms with Gasteiger partial charge in [-0.05, 0) is 18.6 Å². The van der Waals surface area contributed by atoms with Crippen LogP contribution >= 0.6 is 0 Å². The third kappa shape index (κ3) is 5.50. The summed E-state index contributed by atoms with van der Waals surface area (Å²) >= 11 is 0. The van der Waals surface area contributed by atoms with Crippen molar-refractivity contribution in [1.82, 2.24) is 0 Å². The molecule has 0 saturated heterocycles. The summed E-state index contributed by atoms with van der Waals surface area (Å²) in [5, 5.41) is 20.8. The Hall–Kier alpha value is -2.77. The topological polar surface area (TPSA) is 122 Å². The van der Waals surface area contributed by atoms with Crippen molar-refractivity contribution in [2.75, 3.05) is 18.5 Å². The van der Waals surface area contributed by atoms with Gasteiger partial charge in [-0.3, -0.25) is 10.1 Å². The van der Waals surface area contributed by atoms with Crippen molar-refractivity contribution in [3.8, 4) is 5.75 Å². The number of nitrogens with one attached hydrogen (secondary N) is 1. The maximum atomic E-state index is 11.5. The average molecular weight is 325 g/mol. The number of benzene rings is 1. The van der Waals surface area contributed by atoms with E-state index < -0.39 is 17.8 Å². The molecule has 8 nitrogen and oxygen atoms in total. The number of carboxylic acids is 1. The van der Waals surface area contributed by atoms with E-state index in [-0.39, 0.29) is 36.4 Å². The van der Waals surface area contributed by atoms with Gasteiger partial charge in [0.05, 0.1) is 11.6 Å². The molecule has 0 spiro atoms. The highest BCUT2D eigenvalue weighted by molar-refractivity contribution is 5.96. The van der Waals surface area contributed by atoms with Gasteiger partial charge in [0.15, 0.2) is 5.75 Å². The first-order chi connectivity index (χ1) is 10.9. The van der Waals surface area contributed by atoms with Crippen molar-refractivity contribution < 1.29 is 34.1 Å². The molecule has 126 valence electrons. The van der Waals surface area contributed by atoms with Gasteiger partial charge in [-0.25, -0.2) is 9.59 Å². The van der Waals surface area contributed by atoms with Crippen LogP contribution in [0.5, 0.6) is 5.75 Å². The minimum absolute atomic E-state index is 0.0856. The highest BCUT2D eigenvalue weighted by Crippen LogP contribution is 2.27. The number of hydrogen-bond acceptors (Lipinski definition) is 6. The SMILES string of the molecule is CCC(C)C(=O)OCCOC(=O)Nc1cccc(C(=O)O)c1O. The lowest BCUT2D eigenvalue weighted by Crippen LogP contribution is -2.20. The first-order valence-corrected chi connectivity index (χ1v) is 7.02. The number of aromatic hydroxyl groups is 1. The minimum atomic E-state index is -1.32. The summed E-state index contributed by atoms with van der Waals surface area (Å²) in [6, 6.07) is 3.89. The second-order valence-corrected chi connectivity index (χ2v) is 4.74. The van der Waals surface area contributed by atoms with E-state index in [1.165, 1.54) is 18.2 Å². The molecule has 0 fully saturated rings. The van der Waals surface area contributed by atoms with Crippen LogP contribution in [0.15, 0.2) is 18.2 Å². The van der Waals surface area contributed by atoms with E-state index in [0.29, 0.717) is 6.42 Å². The summed E-state index contributed by atoms with van der Waals surface area (Å²) < 4.78 is 9.68. The smallest absolute Gasteiger partial charge is 0.411 e. The number of carboxylic acid groups (broad SMARTS) is 1. The average Bonchev–Trinajstić information content (AvgIpc) is 2.52. The van der Waals surface area contributed by atoms with Gasteiger partial charge >= 0.3 is 18.0 Å². The Kier molecular flexibility index (Phi) is 6.85.